The molecule has 6 heteroatoms. The van der Waals surface area contributed by atoms with Crippen molar-refractivity contribution in [1.82, 2.24) is 0 Å². The largest absolute Gasteiger partial charge is 0.495 e. The van der Waals surface area contributed by atoms with Crippen LogP contribution in [0.3, 0.4) is 0 Å². The zero-order valence-corrected chi connectivity index (χ0v) is 20.2. The van der Waals surface area contributed by atoms with Crippen LogP contribution in [0.5, 0.6) is 0 Å². The van der Waals surface area contributed by atoms with Crippen LogP contribution in [0.2, 0.25) is 0 Å². The highest BCUT2D eigenvalue weighted by atomic mass is 79.9. The monoisotopic (exact) mass is 493 g/mol. The van der Waals surface area contributed by atoms with Crippen molar-refractivity contribution in [2.45, 2.75) is 38.9 Å². The quantitative estimate of drug-likeness (QED) is 0.244. The summed E-state index contributed by atoms with van der Waals surface area (Å²) >= 11 is 3.48. The molecule has 1 saturated heterocycles. The molecule has 2 N–H and O–H groups in total. The van der Waals surface area contributed by atoms with Crippen LogP contribution in [0, 0.1) is 5.82 Å². The molecule has 1 aliphatic heterocycles. The maximum atomic E-state index is 13.3. The maximum Gasteiger partial charge on any atom is 0.495 e. The summed E-state index contributed by atoms with van der Waals surface area (Å²) in [6.45, 7) is 8.10. The summed E-state index contributed by atoms with van der Waals surface area (Å²) in [6.07, 6.45) is 0. The predicted octanol–water partition coefficient (Wildman–Crippen LogP) is 6.46. The van der Waals surface area contributed by atoms with Crippen LogP contribution in [0.25, 0.3) is 21.5 Å². The molecule has 4 aromatic carbocycles. The molecular formula is C26H26BBrFNO2. The highest BCUT2D eigenvalue weighted by Gasteiger charge is 2.52. The summed E-state index contributed by atoms with van der Waals surface area (Å²) in [4.78, 5) is 0. The Morgan fingerprint density at radius 1 is 0.781 bits per heavy atom. The molecule has 0 aromatic heterocycles. The van der Waals surface area contributed by atoms with Gasteiger partial charge in [-0.05, 0) is 85.0 Å². The topological polar surface area (TPSA) is 44.5 Å². The van der Waals surface area contributed by atoms with Gasteiger partial charge in [0.2, 0.25) is 0 Å². The average Bonchev–Trinajstić information content (AvgIpc) is 2.95. The fourth-order valence-electron chi connectivity index (χ4n) is 3.72. The molecule has 0 unspecified atom stereocenters. The van der Waals surface area contributed by atoms with E-state index in [4.69, 9.17) is 15.0 Å². The van der Waals surface area contributed by atoms with E-state index in [1.165, 1.54) is 22.9 Å². The second-order valence-electron chi connectivity index (χ2n) is 9.02. The minimum atomic E-state index is -0.422. The Kier molecular flexibility index (Phi) is 6.05. The minimum Gasteiger partial charge on any atom is -0.399 e. The first kappa shape index (κ1) is 22.8. The summed E-state index contributed by atoms with van der Waals surface area (Å²) in [6, 6.07) is 22.5. The van der Waals surface area contributed by atoms with E-state index < -0.39 is 7.12 Å². The summed E-state index contributed by atoms with van der Waals surface area (Å²) in [5.74, 6) is -0.233. The summed E-state index contributed by atoms with van der Waals surface area (Å²) in [5, 5.41) is 4.20. The molecular weight excluding hydrogens is 468 g/mol. The lowest BCUT2D eigenvalue weighted by molar-refractivity contribution is 0.00578. The van der Waals surface area contributed by atoms with Gasteiger partial charge in [-0.3, -0.25) is 0 Å². The van der Waals surface area contributed by atoms with Gasteiger partial charge in [0.1, 0.15) is 5.82 Å². The summed E-state index contributed by atoms with van der Waals surface area (Å²) in [5.41, 5.74) is 6.66. The van der Waals surface area contributed by atoms with Crippen molar-refractivity contribution < 1.29 is 13.7 Å². The van der Waals surface area contributed by atoms with E-state index in [1.54, 1.807) is 6.07 Å². The van der Waals surface area contributed by atoms with E-state index in [2.05, 4.69) is 22.0 Å². The number of nitrogen functional groups attached to an aromatic ring is 1. The van der Waals surface area contributed by atoms with Gasteiger partial charge in [-0.1, -0.05) is 58.4 Å². The molecule has 1 heterocycles. The Labute approximate surface area is 197 Å². The van der Waals surface area contributed by atoms with E-state index in [0.717, 1.165) is 26.4 Å². The first-order valence-electron chi connectivity index (χ1n) is 10.5. The maximum absolute atomic E-state index is 13.3. The lowest BCUT2D eigenvalue weighted by Crippen LogP contribution is -2.41. The average molecular weight is 494 g/mol. The molecule has 0 amide bonds. The number of anilines is 1. The van der Waals surface area contributed by atoms with Crippen molar-refractivity contribution in [3.8, 4) is 0 Å². The third-order valence-corrected chi connectivity index (χ3v) is 6.93. The molecule has 5 rings (SSSR count). The summed E-state index contributed by atoms with van der Waals surface area (Å²) < 4.78 is 26.6. The molecule has 164 valence electrons. The van der Waals surface area contributed by atoms with E-state index in [9.17, 15) is 4.39 Å². The number of nitrogens with two attached hydrogens (primary N) is 1. The van der Waals surface area contributed by atoms with Crippen molar-refractivity contribution in [3.63, 3.8) is 0 Å². The van der Waals surface area contributed by atoms with Crippen LogP contribution in [-0.2, 0) is 9.31 Å². The minimum absolute atomic E-state index is 0.233. The zero-order chi connectivity index (χ0) is 23.1. The number of rotatable bonds is 1. The van der Waals surface area contributed by atoms with E-state index in [1.807, 2.05) is 76.2 Å². The smallest absolute Gasteiger partial charge is 0.399 e. The van der Waals surface area contributed by atoms with Crippen LogP contribution < -0.4 is 11.2 Å². The second kappa shape index (κ2) is 8.51. The molecule has 1 fully saturated rings. The van der Waals surface area contributed by atoms with E-state index in [-0.39, 0.29) is 17.0 Å². The molecule has 1 aliphatic rings. The number of hydrogen-bond acceptors (Lipinski definition) is 3. The molecule has 0 radical (unpaired) electrons. The molecule has 32 heavy (non-hydrogen) atoms. The number of hydrogen-bond donors (Lipinski definition) is 1. The number of fused-ring (bicyclic) bond motifs is 2. The predicted molar refractivity (Wildman–Crippen MR) is 136 cm³/mol. The molecule has 0 atom stereocenters. The molecule has 0 saturated carbocycles. The Morgan fingerprint density at radius 2 is 1.38 bits per heavy atom. The van der Waals surface area contributed by atoms with Crippen molar-refractivity contribution in [2.24, 2.45) is 0 Å². The Morgan fingerprint density at radius 3 is 2.06 bits per heavy atom. The number of halogens is 2. The van der Waals surface area contributed by atoms with Gasteiger partial charge in [0.15, 0.2) is 0 Å². The Balaban J connectivity index is 0.000000174. The van der Waals surface area contributed by atoms with E-state index >= 15 is 0 Å². The van der Waals surface area contributed by atoms with Gasteiger partial charge in [-0.15, -0.1) is 0 Å². The highest BCUT2D eigenvalue weighted by molar-refractivity contribution is 9.10. The van der Waals surface area contributed by atoms with Crippen LogP contribution in [0.15, 0.2) is 77.3 Å². The molecule has 0 spiro atoms. The SMILES string of the molecule is CC1(C)OB(c2cccc3cc(F)ccc23)OC1(C)C.Nc1ccc2c(Br)cccc2c1. The van der Waals surface area contributed by atoms with Crippen LogP contribution in [0.4, 0.5) is 10.1 Å². The van der Waals surface area contributed by atoms with Crippen LogP contribution in [0.1, 0.15) is 27.7 Å². The fraction of sp³-hybridized carbons (Fsp3) is 0.231. The van der Waals surface area contributed by atoms with Gasteiger partial charge in [-0.2, -0.15) is 0 Å². The van der Waals surface area contributed by atoms with Gasteiger partial charge in [0.05, 0.1) is 11.2 Å². The Bertz CT molecular complexity index is 1280. The van der Waals surface area contributed by atoms with Gasteiger partial charge in [0.25, 0.3) is 0 Å². The summed E-state index contributed by atoms with van der Waals surface area (Å²) in [7, 11) is -0.422. The Hall–Kier alpha value is -2.41. The van der Waals surface area contributed by atoms with Gasteiger partial charge in [-0.25, -0.2) is 4.39 Å². The van der Waals surface area contributed by atoms with Crippen molar-refractivity contribution >= 4 is 55.7 Å². The standard InChI is InChI=1S/C16H18BFO2.C10H8BrN/c1-15(2)16(3,4)20-17(19-15)14-7-5-6-11-10-12(18)8-9-13(11)14;11-10-3-1-2-7-6-8(12)4-5-9(7)10/h5-10H,1-4H3;1-6H,12H2. The lowest BCUT2D eigenvalue weighted by Gasteiger charge is -2.32. The second-order valence-corrected chi connectivity index (χ2v) is 9.88. The molecule has 3 nitrogen and oxygen atoms in total. The zero-order valence-electron chi connectivity index (χ0n) is 18.7. The van der Waals surface area contributed by atoms with Gasteiger partial charge in [0, 0.05) is 10.2 Å². The number of benzene rings is 4. The first-order valence-corrected chi connectivity index (χ1v) is 11.3. The fourth-order valence-corrected chi connectivity index (χ4v) is 4.23. The highest BCUT2D eigenvalue weighted by Crippen LogP contribution is 2.37. The molecule has 0 bridgehead atoms. The van der Waals surface area contributed by atoms with Crippen molar-refractivity contribution in [1.29, 1.82) is 0 Å². The van der Waals surface area contributed by atoms with Crippen molar-refractivity contribution in [3.05, 3.63) is 83.1 Å². The third-order valence-electron chi connectivity index (χ3n) is 6.23. The van der Waals surface area contributed by atoms with Gasteiger partial charge >= 0.3 is 7.12 Å². The van der Waals surface area contributed by atoms with Crippen LogP contribution >= 0.6 is 15.9 Å². The first-order chi connectivity index (χ1) is 15.1. The van der Waals surface area contributed by atoms with Gasteiger partial charge < -0.3 is 15.0 Å². The van der Waals surface area contributed by atoms with Crippen molar-refractivity contribution in [2.75, 3.05) is 5.73 Å². The van der Waals surface area contributed by atoms with Crippen LogP contribution in [-0.4, -0.2) is 18.3 Å². The third kappa shape index (κ3) is 4.40. The molecule has 0 aliphatic carbocycles. The molecule has 4 aromatic rings. The van der Waals surface area contributed by atoms with E-state index in [0.29, 0.717) is 0 Å². The lowest BCUT2D eigenvalue weighted by atomic mass is 9.76. The normalized spacial score (nSPS) is 16.8.